The van der Waals surface area contributed by atoms with Gasteiger partial charge in [0.15, 0.2) is 5.05 Å². The molecule has 0 aliphatic heterocycles. The highest BCUT2D eigenvalue weighted by molar-refractivity contribution is 7.80. The maximum absolute atomic E-state index is 13.2. The molecule has 0 atom stereocenters. The first-order chi connectivity index (χ1) is 12.9. The van der Waals surface area contributed by atoms with E-state index in [9.17, 15) is 4.79 Å². The molecule has 1 saturated carbocycles. The molecule has 1 N–H and O–H groups in total. The molecule has 150 valence electrons. The van der Waals surface area contributed by atoms with Gasteiger partial charge in [-0.1, -0.05) is 59.8 Å². The summed E-state index contributed by atoms with van der Waals surface area (Å²) in [7, 11) is 0. The number of hydrogen-bond donors (Lipinski definition) is 1. The number of ether oxygens (including phenoxy) is 1. The van der Waals surface area contributed by atoms with E-state index in [4.69, 9.17) is 17.0 Å². The van der Waals surface area contributed by atoms with Crippen LogP contribution in [0.5, 0.6) is 5.75 Å². The predicted molar refractivity (Wildman–Crippen MR) is 117 cm³/mol. The van der Waals surface area contributed by atoms with Crippen molar-refractivity contribution in [1.29, 1.82) is 0 Å². The lowest BCUT2D eigenvalue weighted by molar-refractivity contribution is -0.128. The van der Waals surface area contributed by atoms with Crippen LogP contribution in [0, 0.1) is 17.3 Å². The molecule has 0 aromatic heterocycles. The number of rotatable bonds is 8. The van der Waals surface area contributed by atoms with Crippen LogP contribution in [0.2, 0.25) is 0 Å². The first-order valence-electron chi connectivity index (χ1n) is 10.5. The summed E-state index contributed by atoms with van der Waals surface area (Å²) in [5, 5.41) is 3.76. The Labute approximate surface area is 170 Å². The van der Waals surface area contributed by atoms with Crippen molar-refractivity contribution < 1.29 is 9.53 Å². The van der Waals surface area contributed by atoms with E-state index in [0.29, 0.717) is 11.0 Å². The number of anilines is 1. The van der Waals surface area contributed by atoms with Gasteiger partial charge in [0, 0.05) is 17.0 Å². The molecule has 1 fully saturated rings. The van der Waals surface area contributed by atoms with Gasteiger partial charge in [0.2, 0.25) is 5.91 Å². The molecule has 0 unspecified atom stereocenters. The molecule has 1 aliphatic carbocycles. The van der Waals surface area contributed by atoms with Gasteiger partial charge in [-0.2, -0.15) is 0 Å². The zero-order valence-electron chi connectivity index (χ0n) is 17.3. The van der Waals surface area contributed by atoms with Gasteiger partial charge in [0.1, 0.15) is 5.75 Å². The number of carbonyl (C=O) groups excluding carboxylic acids is 1. The summed E-state index contributed by atoms with van der Waals surface area (Å²) in [6.07, 6.45) is 8.90. The quantitative estimate of drug-likeness (QED) is 0.499. The summed E-state index contributed by atoms with van der Waals surface area (Å²) in [5.41, 5.74) is 0.626. The fourth-order valence-corrected chi connectivity index (χ4v) is 4.08. The number of amides is 1. The molecule has 3 nitrogen and oxygen atoms in total. The molecule has 1 amide bonds. The highest BCUT2D eigenvalue weighted by atomic mass is 32.1. The summed E-state index contributed by atoms with van der Waals surface area (Å²) >= 11 is 5.23. The van der Waals surface area contributed by atoms with Gasteiger partial charge in [-0.25, -0.2) is 0 Å². The van der Waals surface area contributed by atoms with E-state index < -0.39 is 0 Å². The van der Waals surface area contributed by atoms with Gasteiger partial charge in [-0.15, -0.1) is 0 Å². The van der Waals surface area contributed by atoms with Gasteiger partial charge in [0.25, 0.3) is 0 Å². The SMILES string of the molecule is CCC(CC)CC1(C(=O)Nc2ccc(OC(=S)C(C)C)cc2)CCCCC1. The van der Waals surface area contributed by atoms with Crippen molar-refractivity contribution in [3.63, 3.8) is 0 Å². The minimum absolute atomic E-state index is 0.195. The molecular weight excluding hydrogens is 354 g/mol. The van der Waals surface area contributed by atoms with E-state index in [0.717, 1.165) is 56.4 Å². The molecule has 1 aromatic carbocycles. The molecule has 0 bridgehead atoms. The molecule has 1 aromatic rings. The van der Waals surface area contributed by atoms with Crippen molar-refractivity contribution in [2.45, 2.75) is 79.1 Å². The van der Waals surface area contributed by atoms with Crippen LogP contribution in [-0.4, -0.2) is 11.0 Å². The topological polar surface area (TPSA) is 38.3 Å². The van der Waals surface area contributed by atoms with Crippen LogP contribution in [0.3, 0.4) is 0 Å². The second-order valence-corrected chi connectivity index (χ2v) is 8.68. The summed E-state index contributed by atoms with van der Waals surface area (Å²) in [6, 6.07) is 7.56. The number of carbonyl (C=O) groups is 1. The molecule has 0 saturated heterocycles. The summed E-state index contributed by atoms with van der Waals surface area (Å²) < 4.78 is 5.67. The van der Waals surface area contributed by atoms with E-state index in [2.05, 4.69) is 19.2 Å². The van der Waals surface area contributed by atoms with Gasteiger partial charge in [-0.3, -0.25) is 4.79 Å². The van der Waals surface area contributed by atoms with E-state index in [-0.39, 0.29) is 17.2 Å². The zero-order chi connectivity index (χ0) is 19.9. The lowest BCUT2D eigenvalue weighted by atomic mass is 9.67. The van der Waals surface area contributed by atoms with Gasteiger partial charge in [-0.05, 0) is 61.7 Å². The summed E-state index contributed by atoms with van der Waals surface area (Å²) in [4.78, 5) is 13.2. The summed E-state index contributed by atoms with van der Waals surface area (Å²) in [6.45, 7) is 8.51. The fourth-order valence-electron chi connectivity index (χ4n) is 3.99. The Hall–Kier alpha value is -1.42. The molecule has 0 radical (unpaired) electrons. The molecule has 27 heavy (non-hydrogen) atoms. The van der Waals surface area contributed by atoms with Crippen molar-refractivity contribution in [2.75, 3.05) is 5.32 Å². The van der Waals surface area contributed by atoms with Gasteiger partial charge in [0.05, 0.1) is 0 Å². The smallest absolute Gasteiger partial charge is 0.230 e. The van der Waals surface area contributed by atoms with Crippen LogP contribution in [0.4, 0.5) is 5.69 Å². The monoisotopic (exact) mass is 389 g/mol. The maximum atomic E-state index is 13.2. The van der Waals surface area contributed by atoms with Gasteiger partial charge < -0.3 is 10.1 Å². The predicted octanol–water partition coefficient (Wildman–Crippen LogP) is 6.76. The van der Waals surface area contributed by atoms with Crippen molar-refractivity contribution in [3.8, 4) is 5.75 Å². The zero-order valence-corrected chi connectivity index (χ0v) is 18.2. The number of nitrogens with one attached hydrogen (secondary N) is 1. The van der Waals surface area contributed by atoms with Crippen molar-refractivity contribution in [3.05, 3.63) is 24.3 Å². The standard InChI is InChI=1S/C23H35NO2S/c1-5-18(6-2)16-23(14-8-7-9-15-23)22(25)24-19-10-12-20(13-11-19)26-21(27)17(3)4/h10-13,17-18H,5-9,14-16H2,1-4H3,(H,24,25). The van der Waals surface area contributed by atoms with Crippen molar-refractivity contribution in [2.24, 2.45) is 17.3 Å². The number of benzene rings is 1. The van der Waals surface area contributed by atoms with E-state index in [1.807, 2.05) is 38.1 Å². The van der Waals surface area contributed by atoms with E-state index >= 15 is 0 Å². The third-order valence-corrected chi connectivity index (χ3v) is 6.48. The Morgan fingerprint density at radius 1 is 1.11 bits per heavy atom. The molecule has 2 rings (SSSR count). The van der Waals surface area contributed by atoms with E-state index in [1.165, 1.54) is 6.42 Å². The highest BCUT2D eigenvalue weighted by Crippen LogP contribution is 2.43. The Balaban J connectivity index is 2.07. The minimum Gasteiger partial charge on any atom is -0.450 e. The molecule has 0 spiro atoms. The third-order valence-electron chi connectivity index (χ3n) is 5.93. The third kappa shape index (κ3) is 6.03. The average Bonchev–Trinajstić information content (AvgIpc) is 2.68. The fraction of sp³-hybridized carbons (Fsp3) is 0.652. The lowest BCUT2D eigenvalue weighted by Crippen LogP contribution is -2.39. The average molecular weight is 390 g/mol. The van der Waals surface area contributed by atoms with Crippen molar-refractivity contribution >= 4 is 28.9 Å². The normalized spacial score (nSPS) is 16.4. The van der Waals surface area contributed by atoms with Crippen LogP contribution in [-0.2, 0) is 4.79 Å². The highest BCUT2D eigenvalue weighted by Gasteiger charge is 2.40. The number of hydrogen-bond acceptors (Lipinski definition) is 3. The molecule has 1 aliphatic rings. The number of thiocarbonyl (C=S) groups is 1. The Bertz CT molecular complexity index is 614. The van der Waals surface area contributed by atoms with Crippen LogP contribution in [0.15, 0.2) is 24.3 Å². The minimum atomic E-state index is -0.205. The second-order valence-electron chi connectivity index (χ2n) is 8.28. The Kier molecular flexibility index (Phi) is 8.28. The van der Waals surface area contributed by atoms with Gasteiger partial charge >= 0.3 is 0 Å². The molecule has 0 heterocycles. The van der Waals surface area contributed by atoms with E-state index in [1.54, 1.807) is 0 Å². The van der Waals surface area contributed by atoms with Crippen molar-refractivity contribution in [1.82, 2.24) is 0 Å². The van der Waals surface area contributed by atoms with Crippen LogP contribution in [0.25, 0.3) is 0 Å². The van der Waals surface area contributed by atoms with Crippen LogP contribution >= 0.6 is 12.2 Å². The Morgan fingerprint density at radius 3 is 2.22 bits per heavy atom. The first kappa shape index (κ1) is 21.9. The lowest BCUT2D eigenvalue weighted by Gasteiger charge is -2.38. The Morgan fingerprint density at radius 2 is 1.70 bits per heavy atom. The molecular formula is C23H35NO2S. The molecule has 4 heteroatoms. The summed E-state index contributed by atoms with van der Waals surface area (Å²) in [5.74, 6) is 1.74. The largest absolute Gasteiger partial charge is 0.450 e. The van der Waals surface area contributed by atoms with Crippen LogP contribution in [0.1, 0.15) is 79.1 Å². The second kappa shape index (κ2) is 10.2. The maximum Gasteiger partial charge on any atom is 0.230 e. The van der Waals surface area contributed by atoms with Crippen LogP contribution < -0.4 is 10.1 Å². The first-order valence-corrected chi connectivity index (χ1v) is 10.9.